The van der Waals surface area contributed by atoms with E-state index in [0.717, 1.165) is 0 Å². The van der Waals surface area contributed by atoms with Gasteiger partial charge in [-0.1, -0.05) is 6.07 Å². The lowest BCUT2D eigenvalue weighted by Gasteiger charge is -2.27. The first-order valence-electron chi connectivity index (χ1n) is 6.17. The third-order valence-corrected chi connectivity index (χ3v) is 4.54. The molecule has 1 aromatic rings. The number of benzene rings is 1. The maximum absolute atomic E-state index is 13.8. The Bertz CT molecular complexity index is 558. The summed E-state index contributed by atoms with van der Waals surface area (Å²) in [4.78, 5) is 0. The van der Waals surface area contributed by atoms with Crippen molar-refractivity contribution in [2.24, 2.45) is 5.14 Å². The van der Waals surface area contributed by atoms with Crippen LogP contribution in [0.15, 0.2) is 18.2 Å². The standard InChI is InChI=1S/C13H15F6NOS/c1-12(2,22(20)21)6-9(11(15)16)8-4-3-7(5-10(8)14)13(17,18)19/h3-5,9,11H,6,20H2,1-2H3/t9-,22?/m0/s1. The summed E-state index contributed by atoms with van der Waals surface area (Å²) in [5, 5.41) is 5.20. The average molecular weight is 347 g/mol. The van der Waals surface area contributed by atoms with Crippen molar-refractivity contribution in [2.75, 3.05) is 0 Å². The van der Waals surface area contributed by atoms with Crippen molar-refractivity contribution in [3.63, 3.8) is 0 Å². The molecule has 0 bridgehead atoms. The second-order valence-electron chi connectivity index (χ2n) is 5.44. The van der Waals surface area contributed by atoms with Crippen LogP contribution in [0.4, 0.5) is 26.3 Å². The summed E-state index contributed by atoms with van der Waals surface area (Å²) in [5.74, 6) is -3.08. The first-order valence-corrected chi connectivity index (χ1v) is 7.38. The largest absolute Gasteiger partial charge is 0.416 e. The molecule has 0 saturated heterocycles. The van der Waals surface area contributed by atoms with Crippen LogP contribution >= 0.6 is 0 Å². The van der Waals surface area contributed by atoms with Gasteiger partial charge in [-0.2, -0.15) is 13.2 Å². The monoisotopic (exact) mass is 347 g/mol. The summed E-state index contributed by atoms with van der Waals surface area (Å²) in [7, 11) is -1.95. The van der Waals surface area contributed by atoms with Gasteiger partial charge in [-0.05, 0) is 38.0 Å². The van der Waals surface area contributed by atoms with Gasteiger partial charge in [0.25, 0.3) is 0 Å². The topological polar surface area (TPSA) is 43.1 Å². The summed E-state index contributed by atoms with van der Waals surface area (Å²) >= 11 is 0. The van der Waals surface area contributed by atoms with E-state index >= 15 is 0 Å². The maximum atomic E-state index is 13.8. The van der Waals surface area contributed by atoms with Gasteiger partial charge in [0.05, 0.1) is 21.3 Å². The van der Waals surface area contributed by atoms with Crippen molar-refractivity contribution in [1.82, 2.24) is 0 Å². The van der Waals surface area contributed by atoms with E-state index in [-0.39, 0.29) is 6.07 Å². The van der Waals surface area contributed by atoms with E-state index in [0.29, 0.717) is 12.1 Å². The van der Waals surface area contributed by atoms with Crippen LogP contribution in [-0.2, 0) is 17.2 Å². The average Bonchev–Trinajstić information content (AvgIpc) is 2.34. The summed E-state index contributed by atoms with van der Waals surface area (Å²) < 4.78 is 87.6. The van der Waals surface area contributed by atoms with Crippen molar-refractivity contribution >= 4 is 11.0 Å². The highest BCUT2D eigenvalue weighted by molar-refractivity contribution is 7.84. The van der Waals surface area contributed by atoms with E-state index in [1.165, 1.54) is 13.8 Å². The summed E-state index contributed by atoms with van der Waals surface area (Å²) in [6, 6.07) is 1.40. The minimum absolute atomic E-state index is 0.178. The van der Waals surface area contributed by atoms with Crippen molar-refractivity contribution in [3.05, 3.63) is 35.1 Å². The summed E-state index contributed by atoms with van der Waals surface area (Å²) in [5.41, 5.74) is -1.81. The predicted octanol–water partition coefficient (Wildman–Crippen LogP) is 3.98. The molecular weight excluding hydrogens is 332 g/mol. The third kappa shape index (κ3) is 4.45. The fraction of sp³-hybridized carbons (Fsp3) is 0.538. The van der Waals surface area contributed by atoms with E-state index in [2.05, 4.69) is 0 Å². The zero-order valence-electron chi connectivity index (χ0n) is 11.8. The van der Waals surface area contributed by atoms with Crippen molar-refractivity contribution in [2.45, 2.75) is 43.5 Å². The predicted molar refractivity (Wildman–Crippen MR) is 71.2 cm³/mol. The van der Waals surface area contributed by atoms with Crippen LogP contribution in [0, 0.1) is 5.82 Å². The Hall–Kier alpha value is -1.09. The van der Waals surface area contributed by atoms with Crippen LogP contribution in [0.3, 0.4) is 0 Å². The van der Waals surface area contributed by atoms with Gasteiger partial charge in [0, 0.05) is 5.92 Å². The zero-order chi connectivity index (χ0) is 17.3. The van der Waals surface area contributed by atoms with Crippen molar-refractivity contribution < 1.29 is 30.6 Å². The number of rotatable bonds is 5. The smallest absolute Gasteiger partial charge is 0.251 e. The van der Waals surface area contributed by atoms with Gasteiger partial charge in [0.15, 0.2) is 0 Å². The minimum Gasteiger partial charge on any atom is -0.251 e. The van der Waals surface area contributed by atoms with Gasteiger partial charge in [-0.15, -0.1) is 0 Å². The number of halogens is 6. The second-order valence-corrected chi connectivity index (χ2v) is 7.14. The first kappa shape index (κ1) is 19.0. The quantitative estimate of drug-likeness (QED) is 0.805. The molecule has 1 rings (SSSR count). The van der Waals surface area contributed by atoms with Gasteiger partial charge >= 0.3 is 6.18 Å². The highest BCUT2D eigenvalue weighted by Gasteiger charge is 2.36. The van der Waals surface area contributed by atoms with Gasteiger partial charge in [-0.3, -0.25) is 5.14 Å². The summed E-state index contributed by atoms with van der Waals surface area (Å²) in [6.45, 7) is 2.72. The molecule has 0 saturated carbocycles. The molecule has 126 valence electrons. The highest BCUT2D eigenvalue weighted by atomic mass is 32.2. The third-order valence-electron chi connectivity index (χ3n) is 3.29. The molecule has 0 radical (unpaired) electrons. The summed E-state index contributed by atoms with van der Waals surface area (Å²) in [6.07, 6.45) is -8.23. The van der Waals surface area contributed by atoms with Gasteiger partial charge in [0.1, 0.15) is 5.82 Å². The molecule has 0 aromatic heterocycles. The minimum atomic E-state index is -4.77. The van der Waals surface area contributed by atoms with Crippen molar-refractivity contribution in [1.29, 1.82) is 0 Å². The van der Waals surface area contributed by atoms with E-state index < -0.39 is 57.6 Å². The van der Waals surface area contributed by atoms with Gasteiger partial charge in [0.2, 0.25) is 6.43 Å². The molecule has 0 aliphatic carbocycles. The molecule has 2 atom stereocenters. The Morgan fingerprint density at radius 3 is 2.14 bits per heavy atom. The fourth-order valence-electron chi connectivity index (χ4n) is 1.95. The number of hydrogen-bond acceptors (Lipinski definition) is 1. The number of alkyl halides is 5. The lowest BCUT2D eigenvalue weighted by atomic mass is 9.89. The molecule has 1 unspecified atom stereocenters. The van der Waals surface area contributed by atoms with E-state index in [1.807, 2.05) is 0 Å². The van der Waals surface area contributed by atoms with Gasteiger partial charge in [-0.25, -0.2) is 17.4 Å². The Labute approximate surface area is 126 Å². The number of nitrogens with two attached hydrogens (primary N) is 1. The second kappa shape index (κ2) is 6.57. The Morgan fingerprint density at radius 1 is 1.23 bits per heavy atom. The molecule has 0 fully saturated rings. The Kier molecular flexibility index (Phi) is 5.66. The molecule has 1 aromatic carbocycles. The Morgan fingerprint density at radius 2 is 1.77 bits per heavy atom. The van der Waals surface area contributed by atoms with Crippen molar-refractivity contribution in [3.8, 4) is 0 Å². The first-order chi connectivity index (χ1) is 9.86. The SMILES string of the molecule is CC(C)(C[C@@H](c1ccc(C(F)(F)F)cc1F)C(F)F)S(N)=O. The van der Waals surface area contributed by atoms with Crippen LogP contribution in [0.2, 0.25) is 0 Å². The molecule has 0 aliphatic rings. The molecule has 2 N–H and O–H groups in total. The van der Waals surface area contributed by atoms with Crippen LogP contribution in [0.25, 0.3) is 0 Å². The van der Waals surface area contributed by atoms with Crippen LogP contribution in [0.5, 0.6) is 0 Å². The van der Waals surface area contributed by atoms with Crippen LogP contribution in [0.1, 0.15) is 37.3 Å². The molecule has 22 heavy (non-hydrogen) atoms. The highest BCUT2D eigenvalue weighted by Crippen LogP contribution is 2.37. The van der Waals surface area contributed by atoms with Crippen LogP contribution in [-0.4, -0.2) is 15.4 Å². The Balaban J connectivity index is 3.21. The maximum Gasteiger partial charge on any atom is 0.416 e. The lowest BCUT2D eigenvalue weighted by Crippen LogP contribution is -2.35. The molecule has 0 amide bonds. The lowest BCUT2D eigenvalue weighted by molar-refractivity contribution is -0.137. The van der Waals surface area contributed by atoms with Crippen LogP contribution < -0.4 is 5.14 Å². The zero-order valence-corrected chi connectivity index (χ0v) is 12.6. The fourth-order valence-corrected chi connectivity index (χ4v) is 2.29. The molecule has 9 heteroatoms. The van der Waals surface area contributed by atoms with E-state index in [9.17, 15) is 30.6 Å². The normalized spacial score (nSPS) is 15.9. The molecule has 0 aliphatic heterocycles. The molecule has 0 heterocycles. The van der Waals surface area contributed by atoms with E-state index in [4.69, 9.17) is 5.14 Å². The van der Waals surface area contributed by atoms with Gasteiger partial charge < -0.3 is 0 Å². The number of hydrogen-bond donors (Lipinski definition) is 1. The molecule has 2 nitrogen and oxygen atoms in total. The molecule has 0 spiro atoms. The van der Waals surface area contributed by atoms with E-state index in [1.54, 1.807) is 0 Å². The molecular formula is C13H15F6NOS.